The molecule has 0 heterocycles. The summed E-state index contributed by atoms with van der Waals surface area (Å²) in [6, 6.07) is 6.66. The third-order valence-corrected chi connectivity index (χ3v) is 5.89. The maximum Gasteiger partial charge on any atom is 0.326 e. The van der Waals surface area contributed by atoms with Crippen LogP contribution in [-0.2, 0) is 14.6 Å². The molecule has 5 nitrogen and oxygen atoms in total. The van der Waals surface area contributed by atoms with Gasteiger partial charge in [0, 0.05) is 11.7 Å². The van der Waals surface area contributed by atoms with Gasteiger partial charge < -0.3 is 5.11 Å². The average molecular weight is 297 g/mol. The van der Waals surface area contributed by atoms with Crippen LogP contribution in [0.15, 0.2) is 24.3 Å². The van der Waals surface area contributed by atoms with Gasteiger partial charge in [0.15, 0.2) is 15.3 Å². The minimum Gasteiger partial charge on any atom is -0.480 e. The number of sulfone groups is 1. The van der Waals surface area contributed by atoms with Crippen LogP contribution in [0.3, 0.4) is 0 Å². The second-order valence-corrected chi connectivity index (χ2v) is 7.10. The third kappa shape index (κ3) is 1.88. The van der Waals surface area contributed by atoms with Gasteiger partial charge in [0.1, 0.15) is 11.1 Å². The number of nitrogens with zero attached hydrogens (tertiary/aromatic N) is 1. The monoisotopic (exact) mass is 297 g/mol. The van der Waals surface area contributed by atoms with E-state index in [1.807, 2.05) is 0 Å². The van der Waals surface area contributed by atoms with E-state index in [2.05, 4.69) is 0 Å². The Morgan fingerprint density at radius 1 is 1.55 bits per heavy atom. The van der Waals surface area contributed by atoms with Gasteiger partial charge in [0.25, 0.3) is 0 Å². The van der Waals surface area contributed by atoms with E-state index < -0.39 is 38.2 Å². The number of benzene rings is 1. The zero-order valence-electron chi connectivity index (χ0n) is 10.6. The minimum absolute atomic E-state index is 0.218. The largest absolute Gasteiger partial charge is 0.480 e. The number of carbonyl (C=O) groups is 1. The van der Waals surface area contributed by atoms with Crippen LogP contribution in [0.4, 0.5) is 4.39 Å². The molecule has 2 rings (SSSR count). The van der Waals surface area contributed by atoms with Crippen molar-refractivity contribution in [1.29, 1.82) is 5.26 Å². The molecule has 1 aromatic carbocycles. The first kappa shape index (κ1) is 14.5. The highest BCUT2D eigenvalue weighted by atomic mass is 32.2. The fraction of sp³-hybridized carbons (Fsp3) is 0.385. The summed E-state index contributed by atoms with van der Waals surface area (Å²) < 4.78 is 37.2. The molecular formula is C13H12FNO4S. The van der Waals surface area contributed by atoms with Crippen LogP contribution in [-0.4, -0.2) is 30.5 Å². The van der Waals surface area contributed by atoms with Crippen molar-refractivity contribution in [3.05, 3.63) is 35.6 Å². The summed E-state index contributed by atoms with van der Waals surface area (Å²) in [6.07, 6.45) is 0. The van der Waals surface area contributed by atoms with Crippen molar-refractivity contribution in [3.8, 4) is 6.07 Å². The summed E-state index contributed by atoms with van der Waals surface area (Å²) in [4.78, 5) is 11.4. The van der Waals surface area contributed by atoms with E-state index in [4.69, 9.17) is 5.26 Å². The molecule has 0 bridgehead atoms. The lowest BCUT2D eigenvalue weighted by molar-refractivity contribution is -0.141. The summed E-state index contributed by atoms with van der Waals surface area (Å²) in [7, 11) is -3.73. The highest BCUT2D eigenvalue weighted by Gasteiger charge is 2.76. The highest BCUT2D eigenvalue weighted by molar-refractivity contribution is 7.92. The van der Waals surface area contributed by atoms with Crippen LogP contribution in [0.2, 0.25) is 0 Å². The summed E-state index contributed by atoms with van der Waals surface area (Å²) in [5.74, 6) is -3.39. The zero-order valence-corrected chi connectivity index (χ0v) is 11.4. The lowest BCUT2D eigenvalue weighted by Gasteiger charge is -2.02. The van der Waals surface area contributed by atoms with Gasteiger partial charge in [-0.2, -0.15) is 5.26 Å². The molecule has 3 atom stereocenters. The molecule has 0 aromatic heterocycles. The Balaban J connectivity index is 2.58. The fourth-order valence-electron chi connectivity index (χ4n) is 2.60. The molecule has 7 heteroatoms. The zero-order chi connectivity index (χ0) is 15.1. The van der Waals surface area contributed by atoms with E-state index in [0.717, 1.165) is 6.07 Å². The number of halogens is 1. The number of rotatable bonds is 4. The predicted molar refractivity (Wildman–Crippen MR) is 68.1 cm³/mol. The topological polar surface area (TPSA) is 95.2 Å². The number of carboxylic acids is 1. The van der Waals surface area contributed by atoms with Crippen molar-refractivity contribution >= 4 is 15.8 Å². The van der Waals surface area contributed by atoms with Crippen molar-refractivity contribution in [3.63, 3.8) is 0 Å². The van der Waals surface area contributed by atoms with Crippen molar-refractivity contribution in [2.24, 2.45) is 5.41 Å². The molecule has 106 valence electrons. The van der Waals surface area contributed by atoms with Crippen LogP contribution in [0.1, 0.15) is 18.4 Å². The Morgan fingerprint density at radius 3 is 2.65 bits per heavy atom. The first-order chi connectivity index (χ1) is 9.31. The van der Waals surface area contributed by atoms with Gasteiger partial charge in [-0.05, 0) is 17.7 Å². The van der Waals surface area contributed by atoms with Gasteiger partial charge >= 0.3 is 5.97 Å². The van der Waals surface area contributed by atoms with Crippen LogP contribution in [0.25, 0.3) is 0 Å². The molecule has 0 aliphatic heterocycles. The Kier molecular flexibility index (Phi) is 3.30. The van der Waals surface area contributed by atoms with Gasteiger partial charge in [-0.3, -0.25) is 4.79 Å². The van der Waals surface area contributed by atoms with Crippen LogP contribution in [0.5, 0.6) is 0 Å². The van der Waals surface area contributed by atoms with Crippen LogP contribution < -0.4 is 0 Å². The SMILES string of the molecule is CCS(=O)(=O)[C@@H]1[C@H](c2cccc(F)c2)[C@@]1(C#N)C(=O)O. The molecule has 0 spiro atoms. The Hall–Kier alpha value is -1.94. The average Bonchev–Trinajstić information content (AvgIpc) is 3.10. The lowest BCUT2D eigenvalue weighted by atomic mass is 10.0. The summed E-state index contributed by atoms with van der Waals surface area (Å²) in [5.41, 5.74) is -1.81. The molecule has 0 unspecified atom stereocenters. The molecule has 0 amide bonds. The molecule has 0 radical (unpaired) electrons. The van der Waals surface area contributed by atoms with Gasteiger partial charge in [0.2, 0.25) is 0 Å². The standard InChI is InChI=1S/C13H12FNO4S/c1-2-20(18,19)11-10(13(11,7-15)12(16)17)8-4-3-5-9(14)6-8/h3-6,10-11H,2H2,1H3,(H,16,17)/t10-,11+,13+/m0/s1. The lowest BCUT2D eigenvalue weighted by Crippen LogP contribution is -2.23. The number of nitriles is 1. The predicted octanol–water partition coefficient (Wildman–Crippen LogP) is 1.32. The quantitative estimate of drug-likeness (QED) is 0.904. The maximum absolute atomic E-state index is 13.2. The van der Waals surface area contributed by atoms with E-state index in [1.54, 1.807) is 6.07 Å². The smallest absolute Gasteiger partial charge is 0.326 e. The highest BCUT2D eigenvalue weighted by Crippen LogP contribution is 2.63. The van der Waals surface area contributed by atoms with Gasteiger partial charge in [0.05, 0.1) is 6.07 Å². The molecule has 1 fully saturated rings. The van der Waals surface area contributed by atoms with E-state index in [1.165, 1.54) is 25.1 Å². The number of hydrogen-bond donors (Lipinski definition) is 1. The fourth-order valence-corrected chi connectivity index (χ4v) is 4.53. The van der Waals surface area contributed by atoms with Gasteiger partial charge in [-0.1, -0.05) is 19.1 Å². The normalized spacial score (nSPS) is 28.6. The van der Waals surface area contributed by atoms with E-state index in [-0.39, 0.29) is 11.3 Å². The maximum atomic E-state index is 13.2. The molecule has 1 aliphatic carbocycles. The van der Waals surface area contributed by atoms with Crippen molar-refractivity contribution in [1.82, 2.24) is 0 Å². The second-order valence-electron chi connectivity index (χ2n) is 4.69. The minimum atomic E-state index is -3.73. The number of carboxylic acid groups (broad SMARTS) is 1. The first-order valence-corrected chi connectivity index (χ1v) is 7.64. The molecule has 0 saturated heterocycles. The Labute approximate surface area is 115 Å². The van der Waals surface area contributed by atoms with Crippen molar-refractivity contribution in [2.45, 2.75) is 18.1 Å². The number of aliphatic carboxylic acids is 1. The van der Waals surface area contributed by atoms with Crippen molar-refractivity contribution in [2.75, 3.05) is 5.75 Å². The van der Waals surface area contributed by atoms with E-state index in [0.29, 0.717) is 0 Å². The molecular weight excluding hydrogens is 285 g/mol. The Bertz CT molecular complexity index is 709. The molecule has 1 N–H and O–H groups in total. The summed E-state index contributed by atoms with van der Waals surface area (Å²) >= 11 is 0. The molecule has 1 saturated carbocycles. The third-order valence-electron chi connectivity index (χ3n) is 3.67. The van der Waals surface area contributed by atoms with Crippen LogP contribution in [0, 0.1) is 22.6 Å². The van der Waals surface area contributed by atoms with Gasteiger partial charge in [-0.25, -0.2) is 12.8 Å². The summed E-state index contributed by atoms with van der Waals surface area (Å²) in [5, 5.41) is 17.1. The number of hydrogen-bond acceptors (Lipinski definition) is 4. The van der Waals surface area contributed by atoms with E-state index in [9.17, 15) is 22.7 Å². The van der Waals surface area contributed by atoms with Crippen molar-refractivity contribution < 1.29 is 22.7 Å². The molecule has 1 aliphatic rings. The van der Waals surface area contributed by atoms with Crippen LogP contribution >= 0.6 is 0 Å². The summed E-state index contributed by atoms with van der Waals surface area (Å²) in [6.45, 7) is 1.39. The first-order valence-electron chi connectivity index (χ1n) is 5.93. The van der Waals surface area contributed by atoms with E-state index >= 15 is 0 Å². The molecule has 1 aromatic rings. The second kappa shape index (κ2) is 4.56. The molecule has 20 heavy (non-hydrogen) atoms. The van der Waals surface area contributed by atoms with Gasteiger partial charge in [-0.15, -0.1) is 0 Å². The Morgan fingerprint density at radius 2 is 2.20 bits per heavy atom.